The molecular formula is C20H21FN6O3S2. The minimum absolute atomic E-state index is 0.212. The Morgan fingerprint density at radius 2 is 1.91 bits per heavy atom. The van der Waals surface area contributed by atoms with Crippen molar-refractivity contribution in [2.75, 3.05) is 11.3 Å². The number of hydrogen-bond donors (Lipinski definition) is 1. The highest BCUT2D eigenvalue weighted by Gasteiger charge is 2.39. The lowest BCUT2D eigenvalue weighted by Gasteiger charge is -2.35. The molecule has 12 heteroatoms. The van der Waals surface area contributed by atoms with Crippen molar-refractivity contribution in [3.63, 3.8) is 0 Å². The maximum atomic E-state index is 13.3. The lowest BCUT2D eigenvalue weighted by Crippen LogP contribution is -2.41. The Labute approximate surface area is 188 Å². The molecule has 3 aromatic rings. The van der Waals surface area contributed by atoms with Gasteiger partial charge in [0.2, 0.25) is 10.0 Å². The Morgan fingerprint density at radius 1 is 1.19 bits per heavy atom. The second-order valence-corrected chi connectivity index (χ2v) is 10.7. The van der Waals surface area contributed by atoms with Gasteiger partial charge in [0.25, 0.3) is 5.91 Å². The lowest BCUT2D eigenvalue weighted by atomic mass is 10.1. The lowest BCUT2D eigenvalue weighted by molar-refractivity contribution is 0.0646. The van der Waals surface area contributed by atoms with Crippen LogP contribution in [0.3, 0.4) is 0 Å². The molecule has 32 heavy (non-hydrogen) atoms. The quantitative estimate of drug-likeness (QED) is 0.606. The molecule has 0 radical (unpaired) electrons. The van der Waals surface area contributed by atoms with Gasteiger partial charge in [-0.3, -0.25) is 9.52 Å². The molecular weight excluding hydrogens is 455 g/mol. The van der Waals surface area contributed by atoms with Crippen molar-refractivity contribution in [1.29, 1.82) is 0 Å². The maximum Gasteiger partial charge on any atom is 0.254 e. The van der Waals surface area contributed by atoms with E-state index >= 15 is 0 Å². The molecule has 1 aromatic carbocycles. The minimum atomic E-state index is -3.56. The normalized spacial score (nSPS) is 18.5. The third-order valence-electron chi connectivity index (χ3n) is 5.71. The fraction of sp³-hybridized carbons (Fsp3) is 0.400. The summed E-state index contributed by atoms with van der Waals surface area (Å²) in [7, 11) is -3.56. The van der Waals surface area contributed by atoms with Gasteiger partial charge in [-0.1, -0.05) is 0 Å². The molecule has 1 amide bonds. The van der Waals surface area contributed by atoms with Gasteiger partial charge in [-0.05, 0) is 62.5 Å². The summed E-state index contributed by atoms with van der Waals surface area (Å²) in [6.45, 7) is 4.42. The number of rotatable bonds is 5. The highest BCUT2D eigenvalue weighted by Crippen LogP contribution is 2.38. The molecule has 9 nitrogen and oxygen atoms in total. The number of aryl methyl sites for hydroxylation is 1. The summed E-state index contributed by atoms with van der Waals surface area (Å²) in [5, 5.41) is 0.175. The van der Waals surface area contributed by atoms with Crippen LogP contribution in [0.5, 0.6) is 0 Å². The van der Waals surface area contributed by atoms with Crippen molar-refractivity contribution in [3.8, 4) is 10.8 Å². The van der Waals surface area contributed by atoms with Crippen LogP contribution in [0.2, 0.25) is 0 Å². The molecule has 2 aromatic heterocycles. The van der Waals surface area contributed by atoms with Gasteiger partial charge < -0.3 is 9.47 Å². The highest BCUT2D eigenvalue weighted by atomic mass is 32.2. The topological polar surface area (TPSA) is 110 Å². The van der Waals surface area contributed by atoms with E-state index in [1.54, 1.807) is 11.8 Å². The number of nitrogens with one attached hydrogen (secondary N) is 1. The summed E-state index contributed by atoms with van der Waals surface area (Å²) in [6.07, 6.45) is 1.25. The van der Waals surface area contributed by atoms with Crippen LogP contribution in [-0.4, -0.2) is 49.9 Å². The van der Waals surface area contributed by atoms with Crippen LogP contribution >= 0.6 is 11.5 Å². The first kappa shape index (κ1) is 21.0. The molecule has 3 heterocycles. The molecule has 168 valence electrons. The number of halogens is 1. The number of amides is 1. The Kier molecular flexibility index (Phi) is 5.01. The highest BCUT2D eigenvalue weighted by molar-refractivity contribution is 7.93. The SMILES string of the molecule is Cc1nsc(-c2nc(NS(=O)(=O)C3CC3)c3n2CCN(C(=O)c2ccc(F)cc2)[C@@H]3C)n1. The standard InChI is InChI=1S/C20H21FN6O3S2/c1-11-16-17(25-32(29,30)15-7-8-15)23-18(19-22-12(2)24-31-19)27(16)10-9-26(11)20(28)13-3-5-14(21)6-4-13/h3-6,11,15,25H,7-10H2,1-2H3/t11-/m1/s1. The first-order valence-corrected chi connectivity index (χ1v) is 12.6. The van der Waals surface area contributed by atoms with E-state index in [1.807, 2.05) is 11.5 Å². The van der Waals surface area contributed by atoms with E-state index in [-0.39, 0.29) is 11.7 Å². The van der Waals surface area contributed by atoms with Crippen LogP contribution in [-0.2, 0) is 16.6 Å². The number of sulfonamides is 1. The van der Waals surface area contributed by atoms with Gasteiger partial charge >= 0.3 is 0 Å². The number of nitrogens with zero attached hydrogens (tertiary/aromatic N) is 5. The van der Waals surface area contributed by atoms with Crippen LogP contribution in [0.15, 0.2) is 24.3 Å². The predicted octanol–water partition coefficient (Wildman–Crippen LogP) is 2.97. The second-order valence-electron chi connectivity index (χ2n) is 8.00. The van der Waals surface area contributed by atoms with Gasteiger partial charge in [-0.15, -0.1) is 0 Å². The first-order chi connectivity index (χ1) is 15.2. The summed E-state index contributed by atoms with van der Waals surface area (Å²) < 4.78 is 47.4. The smallest absolute Gasteiger partial charge is 0.254 e. The summed E-state index contributed by atoms with van der Waals surface area (Å²) in [5.41, 5.74) is 0.963. The fourth-order valence-electron chi connectivity index (χ4n) is 3.92. The van der Waals surface area contributed by atoms with E-state index in [2.05, 4.69) is 19.1 Å². The van der Waals surface area contributed by atoms with Crippen molar-refractivity contribution in [3.05, 3.63) is 47.2 Å². The maximum absolute atomic E-state index is 13.3. The van der Waals surface area contributed by atoms with Gasteiger partial charge in [0.1, 0.15) is 11.6 Å². The van der Waals surface area contributed by atoms with Crippen molar-refractivity contribution >= 4 is 33.3 Å². The number of anilines is 1. The molecule has 1 fully saturated rings. The van der Waals surface area contributed by atoms with Gasteiger partial charge in [-0.2, -0.15) is 4.37 Å². The van der Waals surface area contributed by atoms with Crippen LogP contribution in [0.25, 0.3) is 10.8 Å². The number of hydrogen-bond acceptors (Lipinski definition) is 7. The molecule has 1 saturated carbocycles. The number of carbonyl (C=O) groups is 1. The molecule has 1 aliphatic carbocycles. The number of imidazole rings is 1. The summed E-state index contributed by atoms with van der Waals surface area (Å²) in [6, 6.07) is 4.92. The Bertz CT molecular complexity index is 1300. The molecule has 0 saturated heterocycles. The van der Waals surface area contributed by atoms with Crippen LogP contribution in [0, 0.1) is 12.7 Å². The average Bonchev–Trinajstić information content (AvgIpc) is 3.45. The minimum Gasteiger partial charge on any atom is -0.328 e. The Balaban J connectivity index is 1.56. The molecule has 1 atom stereocenters. The van der Waals surface area contributed by atoms with Gasteiger partial charge in [0, 0.05) is 18.7 Å². The van der Waals surface area contributed by atoms with Gasteiger partial charge in [0.05, 0.1) is 17.0 Å². The number of aromatic nitrogens is 4. The molecule has 0 spiro atoms. The molecule has 1 aliphatic heterocycles. The fourth-order valence-corrected chi connectivity index (χ4v) is 5.94. The predicted molar refractivity (Wildman–Crippen MR) is 117 cm³/mol. The van der Waals surface area contributed by atoms with Gasteiger partial charge in [-0.25, -0.2) is 22.8 Å². The molecule has 0 bridgehead atoms. The Morgan fingerprint density at radius 3 is 2.53 bits per heavy atom. The first-order valence-electron chi connectivity index (χ1n) is 10.2. The number of fused-ring (bicyclic) bond motifs is 1. The average molecular weight is 477 g/mol. The zero-order valence-corrected chi connectivity index (χ0v) is 19.1. The van der Waals surface area contributed by atoms with Crippen molar-refractivity contribution < 1.29 is 17.6 Å². The summed E-state index contributed by atoms with van der Waals surface area (Å²) in [5.74, 6) is 0.678. The number of carbonyl (C=O) groups excluding carboxylic acids is 1. The van der Waals surface area contributed by atoms with Crippen molar-refractivity contribution in [1.82, 2.24) is 23.8 Å². The van der Waals surface area contributed by atoms with Crippen LogP contribution in [0.1, 0.15) is 47.7 Å². The molecule has 5 rings (SSSR count). The van der Waals surface area contributed by atoms with E-state index < -0.39 is 27.1 Å². The van der Waals surface area contributed by atoms with E-state index in [4.69, 9.17) is 0 Å². The zero-order valence-electron chi connectivity index (χ0n) is 17.4. The second kappa shape index (κ2) is 7.62. The summed E-state index contributed by atoms with van der Waals surface area (Å²) >= 11 is 1.19. The van der Waals surface area contributed by atoms with E-state index in [0.717, 1.165) is 0 Å². The van der Waals surface area contributed by atoms with Crippen molar-refractivity contribution in [2.24, 2.45) is 0 Å². The van der Waals surface area contributed by atoms with Gasteiger partial charge in [0.15, 0.2) is 16.6 Å². The van der Waals surface area contributed by atoms with E-state index in [1.165, 1.54) is 35.8 Å². The monoisotopic (exact) mass is 476 g/mol. The Hall–Kier alpha value is -2.86. The van der Waals surface area contributed by atoms with Crippen LogP contribution < -0.4 is 4.72 Å². The van der Waals surface area contributed by atoms with E-state index in [0.29, 0.717) is 53.8 Å². The van der Waals surface area contributed by atoms with E-state index in [9.17, 15) is 17.6 Å². The largest absolute Gasteiger partial charge is 0.328 e. The van der Waals surface area contributed by atoms with Crippen molar-refractivity contribution in [2.45, 2.75) is 44.5 Å². The summed E-state index contributed by atoms with van der Waals surface area (Å²) in [4.78, 5) is 23.8. The third-order valence-corrected chi connectivity index (χ3v) is 8.34. The zero-order chi connectivity index (χ0) is 22.6. The van der Waals surface area contributed by atoms with Crippen LogP contribution in [0.4, 0.5) is 10.2 Å². The molecule has 0 unspecified atom stereocenters. The molecule has 2 aliphatic rings. The molecule has 1 N–H and O–H groups in total. The third kappa shape index (κ3) is 3.66. The number of benzene rings is 1.